The molecule has 6 nitrogen and oxygen atoms in total. The summed E-state index contributed by atoms with van der Waals surface area (Å²) in [6.45, 7) is 8.02. The Morgan fingerprint density at radius 2 is 1.67 bits per heavy atom. The minimum absolute atomic E-state index is 0.0564. The van der Waals surface area contributed by atoms with Crippen LogP contribution in [0.2, 0.25) is 0 Å². The van der Waals surface area contributed by atoms with Crippen molar-refractivity contribution in [2.75, 3.05) is 0 Å². The Kier molecular flexibility index (Phi) is 3.93. The fourth-order valence-electron chi connectivity index (χ4n) is 2.39. The van der Waals surface area contributed by atoms with E-state index in [1.807, 2.05) is 52.0 Å². The van der Waals surface area contributed by atoms with Crippen molar-refractivity contribution in [3.63, 3.8) is 0 Å². The van der Waals surface area contributed by atoms with Crippen LogP contribution in [0.1, 0.15) is 38.1 Å². The third-order valence-electron chi connectivity index (χ3n) is 4.57. The summed E-state index contributed by atoms with van der Waals surface area (Å²) in [5.74, 6) is -0.592. The van der Waals surface area contributed by atoms with Gasteiger partial charge >= 0.3 is 13.1 Å². The molecule has 7 heteroatoms. The van der Waals surface area contributed by atoms with Crippen molar-refractivity contribution in [1.29, 1.82) is 0 Å². The second-order valence-corrected chi connectivity index (χ2v) is 6.81. The highest BCUT2D eigenvalue weighted by Crippen LogP contribution is 2.36. The topological polar surface area (TPSA) is 81.5 Å². The number of hydrogen-bond donors (Lipinski definition) is 1. The van der Waals surface area contributed by atoms with Crippen LogP contribution in [0.25, 0.3) is 11.4 Å². The van der Waals surface area contributed by atoms with E-state index in [0.29, 0.717) is 5.82 Å². The molecule has 1 aliphatic rings. The average Bonchev–Trinajstić information content (AvgIpc) is 2.76. The minimum Gasteiger partial charge on any atom is -0.478 e. The van der Waals surface area contributed by atoms with E-state index in [0.717, 1.165) is 11.0 Å². The van der Waals surface area contributed by atoms with Gasteiger partial charge in [-0.25, -0.2) is 14.8 Å². The number of rotatable bonds is 3. The summed E-state index contributed by atoms with van der Waals surface area (Å²) in [5, 5.41) is 8.92. The fraction of sp³-hybridized carbons (Fsp3) is 0.353. The van der Waals surface area contributed by atoms with Gasteiger partial charge in [0.05, 0.1) is 16.8 Å². The van der Waals surface area contributed by atoms with E-state index in [1.54, 1.807) is 0 Å². The summed E-state index contributed by atoms with van der Waals surface area (Å²) in [6.07, 6.45) is 2.60. The number of carboxylic acid groups (broad SMARTS) is 1. The molecule has 2 aromatic rings. The SMILES string of the molecule is CC1(C)OB(c2cccc(-c3ncc(C(=O)O)cn3)c2)OC1(C)C. The molecular weight excluding hydrogens is 307 g/mol. The Hall–Kier alpha value is -2.25. The normalized spacial score (nSPS) is 18.6. The number of aromatic carboxylic acids is 1. The van der Waals surface area contributed by atoms with E-state index in [1.165, 1.54) is 12.4 Å². The third kappa shape index (κ3) is 2.92. The van der Waals surface area contributed by atoms with Crippen LogP contribution < -0.4 is 5.46 Å². The molecule has 0 unspecified atom stereocenters. The highest BCUT2D eigenvalue weighted by atomic mass is 16.7. The van der Waals surface area contributed by atoms with E-state index in [9.17, 15) is 4.79 Å². The smallest absolute Gasteiger partial charge is 0.478 e. The molecule has 3 rings (SSSR count). The molecule has 2 heterocycles. The molecule has 24 heavy (non-hydrogen) atoms. The maximum Gasteiger partial charge on any atom is 0.494 e. The van der Waals surface area contributed by atoms with Crippen LogP contribution in [-0.4, -0.2) is 39.4 Å². The lowest BCUT2D eigenvalue weighted by Crippen LogP contribution is -2.41. The van der Waals surface area contributed by atoms with Gasteiger partial charge in [0.2, 0.25) is 0 Å². The molecule has 124 valence electrons. The summed E-state index contributed by atoms with van der Waals surface area (Å²) in [6, 6.07) is 7.57. The second-order valence-electron chi connectivity index (χ2n) is 6.81. The zero-order chi connectivity index (χ0) is 17.5. The van der Waals surface area contributed by atoms with Gasteiger partial charge in [0.1, 0.15) is 0 Å². The summed E-state index contributed by atoms with van der Waals surface area (Å²) in [4.78, 5) is 19.1. The van der Waals surface area contributed by atoms with Gasteiger partial charge in [-0.1, -0.05) is 24.3 Å². The molecule has 0 bridgehead atoms. The number of hydrogen-bond acceptors (Lipinski definition) is 5. The standard InChI is InChI=1S/C17H19BN2O4/c1-16(2)17(3,4)24-18(23-16)13-7-5-6-11(8-13)14-19-9-12(10-20-14)15(21)22/h5-10H,1-4H3,(H,21,22). The number of carboxylic acids is 1. The molecule has 1 aliphatic heterocycles. The van der Waals surface area contributed by atoms with Crippen molar-refractivity contribution in [3.05, 3.63) is 42.2 Å². The highest BCUT2D eigenvalue weighted by molar-refractivity contribution is 6.62. The number of nitrogens with zero attached hydrogens (tertiary/aromatic N) is 2. The Morgan fingerprint density at radius 1 is 1.08 bits per heavy atom. The summed E-state index contributed by atoms with van der Waals surface area (Å²) < 4.78 is 12.1. The third-order valence-corrected chi connectivity index (χ3v) is 4.57. The highest BCUT2D eigenvalue weighted by Gasteiger charge is 2.51. The molecule has 0 atom stereocenters. The molecule has 0 saturated carbocycles. The Balaban J connectivity index is 1.89. The molecule has 0 amide bonds. The van der Waals surface area contributed by atoms with E-state index < -0.39 is 24.3 Å². The lowest BCUT2D eigenvalue weighted by molar-refractivity contribution is 0.00578. The Morgan fingerprint density at radius 3 is 2.21 bits per heavy atom. The number of aromatic nitrogens is 2. The number of benzene rings is 1. The van der Waals surface area contributed by atoms with Crippen LogP contribution in [0.4, 0.5) is 0 Å². The van der Waals surface area contributed by atoms with Gasteiger partial charge in [0.15, 0.2) is 5.82 Å². The summed E-state index contributed by atoms with van der Waals surface area (Å²) >= 11 is 0. The van der Waals surface area contributed by atoms with Crippen molar-refractivity contribution in [2.24, 2.45) is 0 Å². The first kappa shape index (κ1) is 16.6. The quantitative estimate of drug-likeness (QED) is 0.871. The maximum absolute atomic E-state index is 10.9. The van der Waals surface area contributed by atoms with Crippen LogP contribution in [0.15, 0.2) is 36.7 Å². The lowest BCUT2D eigenvalue weighted by atomic mass is 9.78. The first-order chi connectivity index (χ1) is 11.2. The molecule has 0 aliphatic carbocycles. The van der Waals surface area contributed by atoms with Crippen molar-refractivity contribution < 1.29 is 19.2 Å². The zero-order valence-electron chi connectivity index (χ0n) is 14.1. The van der Waals surface area contributed by atoms with Gasteiger partial charge < -0.3 is 14.4 Å². The lowest BCUT2D eigenvalue weighted by Gasteiger charge is -2.32. The summed E-state index contributed by atoms with van der Waals surface area (Å²) in [7, 11) is -0.465. The molecular formula is C17H19BN2O4. The second kappa shape index (κ2) is 5.68. The monoisotopic (exact) mass is 326 g/mol. The fourth-order valence-corrected chi connectivity index (χ4v) is 2.39. The summed E-state index contributed by atoms with van der Waals surface area (Å²) in [5.41, 5.74) is 0.887. The van der Waals surface area contributed by atoms with E-state index in [2.05, 4.69) is 9.97 Å². The minimum atomic E-state index is -1.05. The molecule has 1 aromatic carbocycles. The van der Waals surface area contributed by atoms with Gasteiger partial charge in [-0.05, 0) is 33.2 Å². The molecule has 0 radical (unpaired) electrons. The van der Waals surface area contributed by atoms with Crippen LogP contribution in [0, 0.1) is 0 Å². The van der Waals surface area contributed by atoms with E-state index in [4.69, 9.17) is 14.4 Å². The van der Waals surface area contributed by atoms with Crippen LogP contribution in [0.5, 0.6) is 0 Å². The first-order valence-electron chi connectivity index (χ1n) is 7.71. The molecule has 0 spiro atoms. The maximum atomic E-state index is 10.9. The van der Waals surface area contributed by atoms with Gasteiger partial charge in [-0.3, -0.25) is 0 Å². The van der Waals surface area contributed by atoms with E-state index in [-0.39, 0.29) is 5.56 Å². The van der Waals surface area contributed by atoms with Gasteiger partial charge in [-0.15, -0.1) is 0 Å². The van der Waals surface area contributed by atoms with E-state index >= 15 is 0 Å². The predicted molar refractivity (Wildman–Crippen MR) is 90.1 cm³/mol. The van der Waals surface area contributed by atoms with Gasteiger partial charge in [0, 0.05) is 18.0 Å². The molecule has 1 N–H and O–H groups in total. The Labute approximate surface area is 141 Å². The molecule has 1 fully saturated rings. The largest absolute Gasteiger partial charge is 0.494 e. The molecule has 1 aromatic heterocycles. The van der Waals surface area contributed by atoms with Crippen LogP contribution in [-0.2, 0) is 9.31 Å². The predicted octanol–water partition coefficient (Wildman–Crippen LogP) is 2.14. The van der Waals surface area contributed by atoms with Gasteiger partial charge in [0.25, 0.3) is 0 Å². The van der Waals surface area contributed by atoms with Crippen LogP contribution in [0.3, 0.4) is 0 Å². The average molecular weight is 326 g/mol. The van der Waals surface area contributed by atoms with Gasteiger partial charge in [-0.2, -0.15) is 0 Å². The zero-order valence-corrected chi connectivity index (χ0v) is 14.1. The Bertz CT molecular complexity index is 758. The van der Waals surface area contributed by atoms with Crippen molar-refractivity contribution in [3.8, 4) is 11.4 Å². The van der Waals surface area contributed by atoms with Crippen molar-refractivity contribution >= 4 is 18.6 Å². The number of carbonyl (C=O) groups is 1. The molecule has 1 saturated heterocycles. The van der Waals surface area contributed by atoms with Crippen LogP contribution >= 0.6 is 0 Å². The first-order valence-corrected chi connectivity index (χ1v) is 7.71. The van der Waals surface area contributed by atoms with Crippen molar-refractivity contribution in [1.82, 2.24) is 9.97 Å². The van der Waals surface area contributed by atoms with Crippen molar-refractivity contribution in [2.45, 2.75) is 38.9 Å².